The van der Waals surface area contributed by atoms with Crippen LogP contribution >= 0.6 is 0 Å². The molecular weight excluding hydrogens is 701 g/mol. The van der Waals surface area contributed by atoms with Crippen molar-refractivity contribution < 1.29 is 28.6 Å². The number of ether oxygens (including phenoxy) is 3. The number of carbonyl (C=O) groups excluding carboxylic acids is 3. The molecule has 0 heterocycles. The number of unbranched alkanes of at least 4 members (excludes halogenated alkanes) is 21. The van der Waals surface area contributed by atoms with E-state index in [-0.39, 0.29) is 30.6 Å². The van der Waals surface area contributed by atoms with E-state index in [4.69, 9.17) is 14.2 Å². The van der Waals surface area contributed by atoms with Gasteiger partial charge in [-0.1, -0.05) is 156 Å². The molecule has 0 rings (SSSR count). The molecule has 332 valence electrons. The number of carbonyl (C=O) groups is 3. The molecule has 0 spiro atoms. The average molecular weight is 795 g/mol. The number of hydrogen-bond donors (Lipinski definition) is 1. The molecular formula is C48H94N2O6. The third-order valence-electron chi connectivity index (χ3n) is 11.1. The molecule has 0 aliphatic carbocycles. The maximum atomic E-state index is 12.8. The molecule has 56 heavy (non-hydrogen) atoms. The SMILES string of the molecule is CCCCCCCCC(CCCCCCC)OC(=O)CCCCCCCN(CCCCCCCC(=O)OCC(C)CCCCCCC)CCCNC(=O)COC. The van der Waals surface area contributed by atoms with Crippen LogP contribution in [0.2, 0.25) is 0 Å². The summed E-state index contributed by atoms with van der Waals surface area (Å²) in [5, 5.41) is 2.95. The van der Waals surface area contributed by atoms with Crippen molar-refractivity contribution in [3.8, 4) is 0 Å². The van der Waals surface area contributed by atoms with Gasteiger partial charge < -0.3 is 24.4 Å². The van der Waals surface area contributed by atoms with Gasteiger partial charge in [0, 0.05) is 26.5 Å². The summed E-state index contributed by atoms with van der Waals surface area (Å²) in [5.41, 5.74) is 0. The largest absolute Gasteiger partial charge is 0.465 e. The highest BCUT2D eigenvalue weighted by atomic mass is 16.5. The molecule has 0 aromatic carbocycles. The first-order valence-corrected chi connectivity index (χ1v) is 24.2. The minimum absolute atomic E-state index is 0.00618. The Hall–Kier alpha value is -1.67. The van der Waals surface area contributed by atoms with Gasteiger partial charge in [0.1, 0.15) is 12.7 Å². The Morgan fingerprint density at radius 3 is 1.46 bits per heavy atom. The van der Waals surface area contributed by atoms with Crippen molar-refractivity contribution in [3.05, 3.63) is 0 Å². The van der Waals surface area contributed by atoms with Crippen LogP contribution in [0.5, 0.6) is 0 Å². The summed E-state index contributed by atoms with van der Waals surface area (Å²) in [7, 11) is 1.54. The zero-order chi connectivity index (χ0) is 41.2. The van der Waals surface area contributed by atoms with Crippen molar-refractivity contribution in [1.29, 1.82) is 0 Å². The molecule has 0 aromatic heterocycles. The second-order valence-corrected chi connectivity index (χ2v) is 16.9. The van der Waals surface area contributed by atoms with Gasteiger partial charge in [0.2, 0.25) is 5.91 Å². The second-order valence-electron chi connectivity index (χ2n) is 16.9. The summed E-state index contributed by atoms with van der Waals surface area (Å²) in [6.45, 7) is 13.4. The Labute approximate surface area is 347 Å². The van der Waals surface area contributed by atoms with E-state index in [1.54, 1.807) is 7.11 Å². The quantitative estimate of drug-likeness (QED) is 0.0485. The Morgan fingerprint density at radius 1 is 0.518 bits per heavy atom. The van der Waals surface area contributed by atoms with E-state index < -0.39 is 0 Å². The van der Waals surface area contributed by atoms with Gasteiger partial charge in [0.25, 0.3) is 0 Å². The van der Waals surface area contributed by atoms with Gasteiger partial charge in [-0.25, -0.2) is 0 Å². The fourth-order valence-electron chi connectivity index (χ4n) is 7.44. The molecule has 0 saturated carbocycles. The number of nitrogens with zero attached hydrogens (tertiary/aromatic N) is 1. The molecule has 2 unspecified atom stereocenters. The van der Waals surface area contributed by atoms with Crippen molar-refractivity contribution in [3.63, 3.8) is 0 Å². The van der Waals surface area contributed by atoms with Crippen LogP contribution in [0, 0.1) is 5.92 Å². The maximum absolute atomic E-state index is 12.8. The van der Waals surface area contributed by atoms with Gasteiger partial charge in [-0.05, 0) is 89.8 Å². The van der Waals surface area contributed by atoms with Gasteiger partial charge >= 0.3 is 11.9 Å². The fourth-order valence-corrected chi connectivity index (χ4v) is 7.44. The molecule has 2 atom stereocenters. The lowest BCUT2D eigenvalue weighted by Crippen LogP contribution is -2.32. The minimum Gasteiger partial charge on any atom is -0.465 e. The van der Waals surface area contributed by atoms with E-state index in [1.807, 2.05) is 0 Å². The molecule has 1 N–H and O–H groups in total. The van der Waals surface area contributed by atoms with Crippen molar-refractivity contribution in [2.24, 2.45) is 5.92 Å². The summed E-state index contributed by atoms with van der Waals surface area (Å²) in [6.07, 6.45) is 36.6. The Morgan fingerprint density at radius 2 is 0.946 bits per heavy atom. The highest BCUT2D eigenvalue weighted by Gasteiger charge is 2.15. The van der Waals surface area contributed by atoms with E-state index in [0.717, 1.165) is 96.7 Å². The first-order valence-electron chi connectivity index (χ1n) is 24.2. The zero-order valence-electron chi connectivity index (χ0n) is 37.9. The van der Waals surface area contributed by atoms with Gasteiger partial charge in [0.15, 0.2) is 0 Å². The predicted molar refractivity (Wildman–Crippen MR) is 236 cm³/mol. The highest BCUT2D eigenvalue weighted by molar-refractivity contribution is 5.77. The number of esters is 2. The molecule has 0 saturated heterocycles. The Balaban J connectivity index is 4.36. The fraction of sp³-hybridized carbons (Fsp3) is 0.938. The number of amides is 1. The lowest BCUT2D eigenvalue weighted by Gasteiger charge is -2.22. The van der Waals surface area contributed by atoms with Gasteiger partial charge in [-0.15, -0.1) is 0 Å². The van der Waals surface area contributed by atoms with Crippen molar-refractivity contribution >= 4 is 17.8 Å². The highest BCUT2D eigenvalue weighted by Crippen LogP contribution is 2.19. The molecule has 8 nitrogen and oxygen atoms in total. The van der Waals surface area contributed by atoms with Crippen LogP contribution in [-0.4, -0.2) is 75.4 Å². The van der Waals surface area contributed by atoms with Crippen LogP contribution in [0.3, 0.4) is 0 Å². The third-order valence-corrected chi connectivity index (χ3v) is 11.1. The molecule has 0 radical (unpaired) electrons. The average Bonchev–Trinajstić information content (AvgIpc) is 3.18. The van der Waals surface area contributed by atoms with Gasteiger partial charge in [0.05, 0.1) is 6.61 Å². The zero-order valence-corrected chi connectivity index (χ0v) is 37.9. The van der Waals surface area contributed by atoms with Crippen molar-refractivity contribution in [1.82, 2.24) is 10.2 Å². The lowest BCUT2D eigenvalue weighted by molar-refractivity contribution is -0.150. The van der Waals surface area contributed by atoms with Crippen LogP contribution in [0.4, 0.5) is 0 Å². The van der Waals surface area contributed by atoms with Crippen molar-refractivity contribution in [2.45, 2.75) is 239 Å². The van der Waals surface area contributed by atoms with Crippen LogP contribution < -0.4 is 5.32 Å². The number of nitrogens with one attached hydrogen (secondary N) is 1. The van der Waals surface area contributed by atoms with Crippen LogP contribution in [0.15, 0.2) is 0 Å². The number of rotatable bonds is 44. The predicted octanol–water partition coefficient (Wildman–Crippen LogP) is 12.7. The van der Waals surface area contributed by atoms with E-state index in [1.165, 1.54) is 116 Å². The van der Waals surface area contributed by atoms with E-state index in [9.17, 15) is 14.4 Å². The Bertz CT molecular complexity index is 871. The first kappa shape index (κ1) is 54.3. The second kappa shape index (κ2) is 42.9. The topological polar surface area (TPSA) is 94.2 Å². The molecule has 0 aliphatic heterocycles. The monoisotopic (exact) mass is 795 g/mol. The standard InChI is InChI=1S/C48H94N2O6/c1-6-9-12-15-20-27-35-45(34-26-19-14-11-8-3)56-48(53)37-29-22-17-24-31-40-50(41-32-38-49-46(51)43-54-5)39-30-23-16-21-28-36-47(52)55-42-44(4)33-25-18-13-10-7-2/h44-45H,6-43H2,1-5H3,(H,49,51). The Kier molecular flexibility index (Phi) is 41.6. The molecule has 0 aliphatic rings. The number of hydrogen-bond acceptors (Lipinski definition) is 7. The molecule has 1 amide bonds. The van der Waals surface area contributed by atoms with Gasteiger partial charge in [-0.3, -0.25) is 14.4 Å². The van der Waals surface area contributed by atoms with E-state index in [0.29, 0.717) is 31.9 Å². The minimum atomic E-state index is -0.0603. The van der Waals surface area contributed by atoms with Gasteiger partial charge in [-0.2, -0.15) is 0 Å². The lowest BCUT2D eigenvalue weighted by atomic mass is 10.0. The molecule has 8 heteroatoms. The molecule has 0 aromatic rings. The molecule has 0 fully saturated rings. The first-order chi connectivity index (χ1) is 27.4. The summed E-state index contributed by atoms with van der Waals surface area (Å²) < 4.78 is 16.5. The summed E-state index contributed by atoms with van der Waals surface area (Å²) in [6, 6.07) is 0. The van der Waals surface area contributed by atoms with E-state index >= 15 is 0 Å². The van der Waals surface area contributed by atoms with Crippen LogP contribution in [-0.2, 0) is 28.6 Å². The third kappa shape index (κ3) is 39.2. The van der Waals surface area contributed by atoms with Crippen LogP contribution in [0.25, 0.3) is 0 Å². The van der Waals surface area contributed by atoms with Crippen molar-refractivity contribution in [2.75, 3.05) is 46.5 Å². The maximum Gasteiger partial charge on any atom is 0.306 e. The summed E-state index contributed by atoms with van der Waals surface area (Å²) in [5.74, 6) is 0.358. The summed E-state index contributed by atoms with van der Waals surface area (Å²) in [4.78, 5) is 39.4. The number of methoxy groups -OCH3 is 1. The normalized spacial score (nSPS) is 12.5. The van der Waals surface area contributed by atoms with Crippen LogP contribution in [0.1, 0.15) is 233 Å². The summed E-state index contributed by atoms with van der Waals surface area (Å²) >= 11 is 0. The molecule has 0 bridgehead atoms. The van der Waals surface area contributed by atoms with E-state index in [2.05, 4.69) is 37.9 Å². The smallest absolute Gasteiger partial charge is 0.306 e.